The SMILES string of the molecule is COCc1ncc(-c2ccnc(Nc3ccc(C(=O)N4CCN(C)CC4)cc3)n2)n1C(C)C. The number of anilines is 2. The average molecular weight is 450 g/mol. The van der Waals surface area contributed by atoms with Crippen LogP contribution >= 0.6 is 0 Å². The van der Waals surface area contributed by atoms with Crippen molar-refractivity contribution in [1.29, 1.82) is 0 Å². The van der Waals surface area contributed by atoms with Crippen molar-refractivity contribution in [3.63, 3.8) is 0 Å². The van der Waals surface area contributed by atoms with E-state index in [1.165, 1.54) is 0 Å². The highest BCUT2D eigenvalue weighted by molar-refractivity contribution is 5.94. The molecule has 0 aliphatic carbocycles. The van der Waals surface area contributed by atoms with Gasteiger partial charge in [-0.2, -0.15) is 0 Å². The van der Waals surface area contributed by atoms with Gasteiger partial charge in [-0.05, 0) is 51.2 Å². The van der Waals surface area contributed by atoms with Crippen molar-refractivity contribution >= 4 is 17.5 Å². The second kappa shape index (κ2) is 10.1. The van der Waals surface area contributed by atoms with Crippen LogP contribution in [0, 0.1) is 0 Å². The van der Waals surface area contributed by atoms with E-state index in [0.29, 0.717) is 18.1 Å². The maximum Gasteiger partial charge on any atom is 0.253 e. The van der Waals surface area contributed by atoms with E-state index in [2.05, 4.69) is 50.6 Å². The summed E-state index contributed by atoms with van der Waals surface area (Å²) in [6.07, 6.45) is 3.54. The second-order valence-electron chi connectivity index (χ2n) is 8.52. The van der Waals surface area contributed by atoms with Crippen molar-refractivity contribution in [2.24, 2.45) is 0 Å². The van der Waals surface area contributed by atoms with Gasteiger partial charge in [0, 0.05) is 56.8 Å². The van der Waals surface area contributed by atoms with Gasteiger partial charge in [0.25, 0.3) is 5.91 Å². The fraction of sp³-hybridized carbons (Fsp3) is 0.417. The molecule has 3 heterocycles. The van der Waals surface area contributed by atoms with Gasteiger partial charge in [-0.1, -0.05) is 0 Å². The first-order chi connectivity index (χ1) is 16.0. The van der Waals surface area contributed by atoms with E-state index in [4.69, 9.17) is 4.74 Å². The Morgan fingerprint density at radius 3 is 2.48 bits per heavy atom. The number of rotatable bonds is 7. The Morgan fingerprint density at radius 2 is 1.82 bits per heavy atom. The highest BCUT2D eigenvalue weighted by Crippen LogP contribution is 2.25. The summed E-state index contributed by atoms with van der Waals surface area (Å²) in [5.74, 6) is 1.41. The van der Waals surface area contributed by atoms with Crippen LogP contribution < -0.4 is 5.32 Å². The predicted molar refractivity (Wildman–Crippen MR) is 127 cm³/mol. The van der Waals surface area contributed by atoms with Crippen molar-refractivity contribution in [2.75, 3.05) is 45.7 Å². The summed E-state index contributed by atoms with van der Waals surface area (Å²) in [6, 6.07) is 9.54. The van der Waals surface area contributed by atoms with Crippen molar-refractivity contribution in [3.8, 4) is 11.4 Å². The number of aromatic nitrogens is 4. The number of methoxy groups -OCH3 is 1. The molecule has 0 bridgehead atoms. The zero-order valence-corrected chi connectivity index (χ0v) is 19.7. The number of piperazine rings is 1. The minimum atomic E-state index is 0.0710. The van der Waals surface area contributed by atoms with Crippen LogP contribution in [0.4, 0.5) is 11.6 Å². The third-order valence-electron chi connectivity index (χ3n) is 5.76. The van der Waals surface area contributed by atoms with E-state index in [0.717, 1.165) is 49.1 Å². The molecule has 0 spiro atoms. The first-order valence-corrected chi connectivity index (χ1v) is 11.2. The van der Waals surface area contributed by atoms with Crippen LogP contribution in [0.25, 0.3) is 11.4 Å². The van der Waals surface area contributed by atoms with Gasteiger partial charge in [0.15, 0.2) is 0 Å². The van der Waals surface area contributed by atoms with E-state index in [9.17, 15) is 4.79 Å². The van der Waals surface area contributed by atoms with E-state index in [1.807, 2.05) is 41.4 Å². The van der Waals surface area contributed by atoms with Crippen molar-refractivity contribution in [1.82, 2.24) is 29.3 Å². The Morgan fingerprint density at radius 1 is 1.09 bits per heavy atom. The lowest BCUT2D eigenvalue weighted by Gasteiger charge is -2.32. The highest BCUT2D eigenvalue weighted by atomic mass is 16.5. The van der Waals surface area contributed by atoms with Crippen LogP contribution in [-0.4, -0.2) is 75.6 Å². The van der Waals surface area contributed by atoms with E-state index in [1.54, 1.807) is 13.3 Å². The van der Waals surface area contributed by atoms with E-state index in [-0.39, 0.29) is 11.9 Å². The Kier molecular flexibility index (Phi) is 7.00. The van der Waals surface area contributed by atoms with Crippen LogP contribution in [0.1, 0.15) is 36.1 Å². The molecule has 1 amide bonds. The molecule has 0 radical (unpaired) electrons. The minimum Gasteiger partial charge on any atom is -0.377 e. The van der Waals surface area contributed by atoms with Gasteiger partial charge in [-0.15, -0.1) is 0 Å². The molecule has 4 rings (SSSR count). The lowest BCUT2D eigenvalue weighted by Crippen LogP contribution is -2.47. The molecule has 1 aromatic carbocycles. The van der Waals surface area contributed by atoms with Crippen LogP contribution in [0.5, 0.6) is 0 Å². The van der Waals surface area contributed by atoms with Gasteiger partial charge in [0.05, 0.1) is 17.6 Å². The molecule has 2 aromatic heterocycles. The van der Waals surface area contributed by atoms with Gasteiger partial charge in [0.2, 0.25) is 5.95 Å². The number of hydrogen-bond acceptors (Lipinski definition) is 7. The van der Waals surface area contributed by atoms with Crippen molar-refractivity contribution in [3.05, 3.63) is 54.1 Å². The van der Waals surface area contributed by atoms with Crippen LogP contribution in [0.15, 0.2) is 42.7 Å². The molecule has 0 unspecified atom stereocenters. The van der Waals surface area contributed by atoms with Gasteiger partial charge < -0.3 is 24.4 Å². The van der Waals surface area contributed by atoms with Gasteiger partial charge in [-0.25, -0.2) is 15.0 Å². The zero-order valence-electron chi connectivity index (χ0n) is 19.7. The lowest BCUT2D eigenvalue weighted by molar-refractivity contribution is 0.0664. The summed E-state index contributed by atoms with van der Waals surface area (Å²) in [5, 5.41) is 3.24. The molecule has 1 saturated heterocycles. The standard InChI is InChI=1S/C24H31N7O2/c1-17(2)31-21(15-26-22(31)16-33-4)20-9-10-25-24(28-20)27-19-7-5-18(6-8-19)23(32)30-13-11-29(3)12-14-30/h5-10,15,17H,11-14,16H2,1-4H3,(H,25,27,28). The third-order valence-corrected chi connectivity index (χ3v) is 5.76. The lowest BCUT2D eigenvalue weighted by atomic mass is 10.1. The predicted octanol–water partition coefficient (Wildman–Crippen LogP) is 3.20. The highest BCUT2D eigenvalue weighted by Gasteiger charge is 2.20. The molecule has 1 aliphatic heterocycles. The molecule has 0 atom stereocenters. The van der Waals surface area contributed by atoms with Crippen LogP contribution in [0.2, 0.25) is 0 Å². The third kappa shape index (κ3) is 5.20. The monoisotopic (exact) mass is 449 g/mol. The molecule has 9 heteroatoms. The molecule has 9 nitrogen and oxygen atoms in total. The average Bonchev–Trinajstić information content (AvgIpc) is 3.24. The van der Waals surface area contributed by atoms with Crippen LogP contribution in [-0.2, 0) is 11.3 Å². The number of likely N-dealkylation sites (N-methyl/N-ethyl adjacent to an activating group) is 1. The molecular weight excluding hydrogens is 418 g/mol. The Labute approximate surface area is 194 Å². The summed E-state index contributed by atoms with van der Waals surface area (Å²) < 4.78 is 7.40. The Bertz CT molecular complexity index is 1090. The fourth-order valence-electron chi connectivity index (χ4n) is 3.98. The smallest absolute Gasteiger partial charge is 0.253 e. The summed E-state index contributed by atoms with van der Waals surface area (Å²) in [4.78, 5) is 30.5. The molecule has 33 heavy (non-hydrogen) atoms. The molecule has 1 aliphatic rings. The first kappa shape index (κ1) is 22.9. The number of carbonyl (C=O) groups is 1. The maximum absolute atomic E-state index is 12.8. The summed E-state index contributed by atoms with van der Waals surface area (Å²) >= 11 is 0. The van der Waals surface area contributed by atoms with Crippen molar-refractivity contribution < 1.29 is 9.53 Å². The number of amides is 1. The molecule has 1 fully saturated rings. The molecule has 174 valence electrons. The van der Waals surface area contributed by atoms with Crippen LogP contribution in [0.3, 0.4) is 0 Å². The molecular formula is C24H31N7O2. The Balaban J connectivity index is 1.49. The minimum absolute atomic E-state index is 0.0710. The Hall–Kier alpha value is -3.30. The number of hydrogen-bond donors (Lipinski definition) is 1. The number of ether oxygens (including phenoxy) is 1. The number of carbonyl (C=O) groups excluding carboxylic acids is 1. The number of imidazole rings is 1. The first-order valence-electron chi connectivity index (χ1n) is 11.2. The topological polar surface area (TPSA) is 88.4 Å². The summed E-state index contributed by atoms with van der Waals surface area (Å²) in [6.45, 7) is 7.98. The zero-order chi connectivity index (χ0) is 23.4. The van der Waals surface area contributed by atoms with Gasteiger partial charge in [-0.3, -0.25) is 4.79 Å². The normalized spacial score (nSPS) is 14.6. The van der Waals surface area contributed by atoms with Gasteiger partial charge in [0.1, 0.15) is 12.4 Å². The molecule has 3 aromatic rings. The fourth-order valence-corrected chi connectivity index (χ4v) is 3.98. The van der Waals surface area contributed by atoms with E-state index >= 15 is 0 Å². The molecule has 1 N–H and O–H groups in total. The maximum atomic E-state index is 12.8. The van der Waals surface area contributed by atoms with Crippen molar-refractivity contribution in [2.45, 2.75) is 26.5 Å². The quantitative estimate of drug-likeness (QED) is 0.593. The largest absolute Gasteiger partial charge is 0.377 e. The summed E-state index contributed by atoms with van der Waals surface area (Å²) in [5.41, 5.74) is 3.19. The second-order valence-corrected chi connectivity index (χ2v) is 8.52. The number of nitrogens with zero attached hydrogens (tertiary/aromatic N) is 6. The summed E-state index contributed by atoms with van der Waals surface area (Å²) in [7, 11) is 3.74. The van der Waals surface area contributed by atoms with E-state index < -0.39 is 0 Å². The number of nitrogens with one attached hydrogen (secondary N) is 1. The number of benzene rings is 1. The molecule has 0 saturated carbocycles. The van der Waals surface area contributed by atoms with Gasteiger partial charge >= 0.3 is 0 Å².